The number of benzene rings is 2. The van der Waals surface area contributed by atoms with Crippen molar-refractivity contribution in [3.63, 3.8) is 0 Å². The summed E-state index contributed by atoms with van der Waals surface area (Å²) in [5, 5.41) is 11.3. The number of fused-ring (bicyclic) bond motifs is 1. The topological polar surface area (TPSA) is 57.6 Å². The molecule has 1 atom stereocenters. The standard InChI is InChI=1S/C22H25NO3/c1-14(2)13-23-19-8-6-5-7-18(19)22(26,21(23)25)12-20(24)17-10-9-15(3)11-16(17)4/h5-11,14,26H,12-13H2,1-4H3/t22-/m1/s1. The molecule has 4 nitrogen and oxygen atoms in total. The number of hydrogen-bond donors (Lipinski definition) is 1. The molecular formula is C22H25NO3. The van der Waals surface area contributed by atoms with E-state index in [1.807, 2.05) is 52.0 Å². The SMILES string of the molecule is Cc1ccc(C(=O)C[C@]2(O)C(=O)N(CC(C)C)c3ccccc32)c(C)c1. The quantitative estimate of drug-likeness (QED) is 0.834. The Morgan fingerprint density at radius 3 is 2.50 bits per heavy atom. The first kappa shape index (κ1) is 18.3. The number of aliphatic hydroxyl groups is 1. The minimum Gasteiger partial charge on any atom is -0.375 e. The van der Waals surface area contributed by atoms with E-state index < -0.39 is 11.5 Å². The molecule has 2 aromatic rings. The maximum atomic E-state index is 13.0. The zero-order valence-corrected chi connectivity index (χ0v) is 15.7. The zero-order chi connectivity index (χ0) is 19.1. The molecule has 0 aliphatic carbocycles. The van der Waals surface area contributed by atoms with Gasteiger partial charge in [0, 0.05) is 17.7 Å². The van der Waals surface area contributed by atoms with Crippen molar-refractivity contribution in [2.24, 2.45) is 5.92 Å². The number of Topliss-reactive ketones (excluding diaryl/α,β-unsaturated/α-hetero) is 1. The number of ketones is 1. The lowest BCUT2D eigenvalue weighted by Crippen LogP contribution is -2.43. The second-order valence-electron chi connectivity index (χ2n) is 7.61. The van der Waals surface area contributed by atoms with E-state index in [1.165, 1.54) is 0 Å². The van der Waals surface area contributed by atoms with Gasteiger partial charge < -0.3 is 10.0 Å². The maximum absolute atomic E-state index is 13.0. The molecule has 3 rings (SSSR count). The van der Waals surface area contributed by atoms with Gasteiger partial charge in [0.05, 0.1) is 12.1 Å². The summed E-state index contributed by atoms with van der Waals surface area (Å²) in [5.74, 6) is -0.380. The van der Waals surface area contributed by atoms with Crippen LogP contribution in [0.1, 0.15) is 47.3 Å². The van der Waals surface area contributed by atoms with Gasteiger partial charge in [-0.25, -0.2) is 0 Å². The van der Waals surface area contributed by atoms with Crippen molar-refractivity contribution in [2.75, 3.05) is 11.4 Å². The number of carbonyl (C=O) groups is 2. The predicted octanol–water partition coefficient (Wildman–Crippen LogP) is 3.77. The largest absolute Gasteiger partial charge is 0.375 e. The van der Waals surface area contributed by atoms with E-state index in [9.17, 15) is 14.7 Å². The van der Waals surface area contributed by atoms with Gasteiger partial charge in [-0.1, -0.05) is 55.8 Å². The number of amides is 1. The van der Waals surface area contributed by atoms with Crippen LogP contribution < -0.4 is 4.90 Å². The van der Waals surface area contributed by atoms with Gasteiger partial charge in [-0.3, -0.25) is 9.59 Å². The molecule has 1 amide bonds. The molecule has 1 N–H and O–H groups in total. The molecule has 0 spiro atoms. The molecule has 26 heavy (non-hydrogen) atoms. The molecule has 1 heterocycles. The van der Waals surface area contributed by atoms with Crippen molar-refractivity contribution in [3.8, 4) is 0 Å². The molecule has 0 fully saturated rings. The molecule has 4 heteroatoms. The van der Waals surface area contributed by atoms with E-state index in [2.05, 4.69) is 0 Å². The summed E-state index contributed by atoms with van der Waals surface area (Å²) in [6.45, 7) is 8.40. The van der Waals surface area contributed by atoms with E-state index in [4.69, 9.17) is 0 Å². The number of carbonyl (C=O) groups excluding carboxylic acids is 2. The molecule has 2 aromatic carbocycles. The van der Waals surface area contributed by atoms with Crippen LogP contribution in [0.25, 0.3) is 0 Å². The Hall–Kier alpha value is -2.46. The molecule has 1 aliphatic heterocycles. The van der Waals surface area contributed by atoms with Crippen LogP contribution in [-0.4, -0.2) is 23.3 Å². The van der Waals surface area contributed by atoms with E-state index >= 15 is 0 Å². The molecule has 1 aliphatic rings. The Bertz CT molecular complexity index is 871. The summed E-state index contributed by atoms with van der Waals surface area (Å²) in [6, 6.07) is 12.8. The Morgan fingerprint density at radius 1 is 1.15 bits per heavy atom. The van der Waals surface area contributed by atoms with Crippen molar-refractivity contribution in [3.05, 3.63) is 64.7 Å². The Balaban J connectivity index is 1.98. The van der Waals surface area contributed by atoms with Gasteiger partial charge in [-0.15, -0.1) is 0 Å². The maximum Gasteiger partial charge on any atom is 0.264 e. The molecule has 0 radical (unpaired) electrons. The highest BCUT2D eigenvalue weighted by molar-refractivity contribution is 6.11. The van der Waals surface area contributed by atoms with Crippen LogP contribution in [-0.2, 0) is 10.4 Å². The summed E-state index contributed by atoms with van der Waals surface area (Å²) in [5.41, 5.74) is 1.89. The lowest BCUT2D eigenvalue weighted by molar-refractivity contribution is -0.136. The fraction of sp³-hybridized carbons (Fsp3) is 0.364. The zero-order valence-electron chi connectivity index (χ0n) is 15.7. The fourth-order valence-corrected chi connectivity index (χ4v) is 3.68. The van der Waals surface area contributed by atoms with Crippen molar-refractivity contribution in [1.82, 2.24) is 0 Å². The third-order valence-electron chi connectivity index (χ3n) is 4.89. The van der Waals surface area contributed by atoms with Gasteiger partial charge in [-0.05, 0) is 31.4 Å². The van der Waals surface area contributed by atoms with Crippen LogP contribution in [0.3, 0.4) is 0 Å². The molecule has 0 aromatic heterocycles. The first-order valence-corrected chi connectivity index (χ1v) is 8.98. The Labute approximate surface area is 154 Å². The number of hydrogen-bond acceptors (Lipinski definition) is 3. The Kier molecular flexibility index (Phi) is 4.72. The van der Waals surface area contributed by atoms with E-state index in [-0.39, 0.29) is 18.1 Å². The highest BCUT2D eigenvalue weighted by Gasteiger charge is 2.50. The average Bonchev–Trinajstić information content (AvgIpc) is 2.77. The minimum atomic E-state index is -1.81. The molecular weight excluding hydrogens is 326 g/mol. The highest BCUT2D eigenvalue weighted by atomic mass is 16.3. The van der Waals surface area contributed by atoms with E-state index in [0.717, 1.165) is 11.1 Å². The van der Waals surface area contributed by atoms with Crippen molar-refractivity contribution < 1.29 is 14.7 Å². The van der Waals surface area contributed by atoms with Gasteiger partial charge in [0.1, 0.15) is 0 Å². The number of nitrogens with zero attached hydrogens (tertiary/aromatic N) is 1. The smallest absolute Gasteiger partial charge is 0.264 e. The molecule has 0 bridgehead atoms. The van der Waals surface area contributed by atoms with E-state index in [0.29, 0.717) is 23.4 Å². The van der Waals surface area contributed by atoms with Crippen LogP contribution in [0.5, 0.6) is 0 Å². The summed E-state index contributed by atoms with van der Waals surface area (Å²) in [7, 11) is 0. The molecule has 0 saturated heterocycles. The second kappa shape index (κ2) is 6.69. The van der Waals surface area contributed by atoms with Gasteiger partial charge in [-0.2, -0.15) is 0 Å². The van der Waals surface area contributed by atoms with E-state index in [1.54, 1.807) is 23.1 Å². The molecule has 0 unspecified atom stereocenters. The lowest BCUT2D eigenvalue weighted by Gasteiger charge is -2.24. The van der Waals surface area contributed by atoms with Crippen molar-refractivity contribution in [1.29, 1.82) is 0 Å². The third kappa shape index (κ3) is 3.06. The van der Waals surface area contributed by atoms with Gasteiger partial charge in [0.2, 0.25) is 0 Å². The third-order valence-corrected chi connectivity index (χ3v) is 4.89. The normalized spacial score (nSPS) is 19.2. The number of anilines is 1. The first-order chi connectivity index (χ1) is 12.2. The second-order valence-corrected chi connectivity index (χ2v) is 7.61. The summed E-state index contributed by atoms with van der Waals surface area (Å²) in [6.07, 6.45) is -0.249. The number of aryl methyl sites for hydroxylation is 2. The summed E-state index contributed by atoms with van der Waals surface area (Å²) in [4.78, 5) is 27.5. The number of para-hydroxylation sites is 1. The van der Waals surface area contributed by atoms with Gasteiger partial charge in [0.15, 0.2) is 11.4 Å². The highest BCUT2D eigenvalue weighted by Crippen LogP contribution is 2.43. The predicted molar refractivity (Wildman–Crippen MR) is 102 cm³/mol. The van der Waals surface area contributed by atoms with Gasteiger partial charge in [0.25, 0.3) is 5.91 Å². The van der Waals surface area contributed by atoms with Crippen LogP contribution in [0.2, 0.25) is 0 Å². The minimum absolute atomic E-state index is 0.223. The fourth-order valence-electron chi connectivity index (χ4n) is 3.68. The lowest BCUT2D eigenvalue weighted by atomic mass is 9.87. The summed E-state index contributed by atoms with van der Waals surface area (Å²) < 4.78 is 0. The van der Waals surface area contributed by atoms with Crippen LogP contribution in [0, 0.1) is 19.8 Å². The van der Waals surface area contributed by atoms with Gasteiger partial charge >= 0.3 is 0 Å². The summed E-state index contributed by atoms with van der Waals surface area (Å²) >= 11 is 0. The van der Waals surface area contributed by atoms with Crippen LogP contribution >= 0.6 is 0 Å². The monoisotopic (exact) mass is 351 g/mol. The molecule has 136 valence electrons. The van der Waals surface area contributed by atoms with Crippen molar-refractivity contribution in [2.45, 2.75) is 39.7 Å². The van der Waals surface area contributed by atoms with Crippen LogP contribution in [0.4, 0.5) is 5.69 Å². The first-order valence-electron chi connectivity index (χ1n) is 8.98. The Morgan fingerprint density at radius 2 is 1.85 bits per heavy atom. The number of rotatable bonds is 5. The molecule has 0 saturated carbocycles. The average molecular weight is 351 g/mol. The van der Waals surface area contributed by atoms with Crippen LogP contribution in [0.15, 0.2) is 42.5 Å². The van der Waals surface area contributed by atoms with Crippen molar-refractivity contribution >= 4 is 17.4 Å².